The zero-order chi connectivity index (χ0) is 15.0. The molecule has 5 N–H and O–H groups in total. The van der Waals surface area contributed by atoms with E-state index < -0.39 is 21.9 Å². The molecule has 0 aromatic rings. The standard InChI is InChI=1S/C9H17N5O5S/c15-8(4-1-3-7-10-13-14-11-7)12-20(18,19)6-2-5-9(16)17/h13-14H,1-6H2,(H,10,11)(H,12,15)(H,16,17). The Morgan fingerprint density at radius 1 is 1.25 bits per heavy atom. The summed E-state index contributed by atoms with van der Waals surface area (Å²) in [5.41, 5.74) is 7.70. The Morgan fingerprint density at radius 3 is 2.60 bits per heavy atom. The lowest BCUT2D eigenvalue weighted by Gasteiger charge is -2.06. The molecular weight excluding hydrogens is 290 g/mol. The average Bonchev–Trinajstić information content (AvgIpc) is 2.80. The largest absolute Gasteiger partial charge is 0.481 e. The quantitative estimate of drug-likeness (QED) is 0.342. The third-order valence-corrected chi connectivity index (χ3v) is 3.71. The van der Waals surface area contributed by atoms with Gasteiger partial charge in [-0.05, 0) is 12.8 Å². The van der Waals surface area contributed by atoms with E-state index >= 15 is 0 Å². The Hall–Kier alpha value is -1.88. The first-order valence-corrected chi connectivity index (χ1v) is 7.62. The van der Waals surface area contributed by atoms with Crippen molar-refractivity contribution in [3.05, 3.63) is 0 Å². The number of aliphatic carboxylic acids is 1. The van der Waals surface area contributed by atoms with Crippen LogP contribution in [-0.4, -0.2) is 37.0 Å². The molecule has 0 bridgehead atoms. The first-order valence-electron chi connectivity index (χ1n) is 5.97. The summed E-state index contributed by atoms with van der Waals surface area (Å²) in [5.74, 6) is -1.44. The predicted molar refractivity (Wildman–Crippen MR) is 69.5 cm³/mol. The fourth-order valence-corrected chi connectivity index (χ4v) is 2.52. The van der Waals surface area contributed by atoms with E-state index in [4.69, 9.17) is 5.11 Å². The van der Waals surface area contributed by atoms with Crippen LogP contribution in [0.5, 0.6) is 0 Å². The van der Waals surface area contributed by atoms with Crippen LogP contribution >= 0.6 is 0 Å². The van der Waals surface area contributed by atoms with Crippen LogP contribution in [0.4, 0.5) is 0 Å². The minimum atomic E-state index is -3.76. The molecule has 0 aromatic carbocycles. The number of hydrazine groups is 2. The van der Waals surface area contributed by atoms with Crippen LogP contribution < -0.4 is 21.2 Å². The molecule has 114 valence electrons. The highest BCUT2D eigenvalue weighted by Gasteiger charge is 2.15. The van der Waals surface area contributed by atoms with Crippen LogP contribution in [0.2, 0.25) is 0 Å². The van der Waals surface area contributed by atoms with Crippen molar-refractivity contribution in [1.82, 2.24) is 21.2 Å². The SMILES string of the molecule is O=C(O)CCCS(=O)(=O)NC(=O)CCCC1=NNNN1. The highest BCUT2D eigenvalue weighted by Crippen LogP contribution is 2.00. The van der Waals surface area contributed by atoms with Gasteiger partial charge in [-0.2, -0.15) is 0 Å². The van der Waals surface area contributed by atoms with Gasteiger partial charge in [0.2, 0.25) is 15.9 Å². The van der Waals surface area contributed by atoms with Gasteiger partial charge in [0.15, 0.2) is 0 Å². The molecule has 1 aliphatic heterocycles. The summed E-state index contributed by atoms with van der Waals surface area (Å²) in [6.45, 7) is 0. The summed E-state index contributed by atoms with van der Waals surface area (Å²) < 4.78 is 24.8. The van der Waals surface area contributed by atoms with E-state index in [2.05, 4.69) is 21.6 Å². The van der Waals surface area contributed by atoms with Crippen molar-refractivity contribution in [2.45, 2.75) is 32.1 Å². The fraction of sp³-hybridized carbons (Fsp3) is 0.667. The summed E-state index contributed by atoms with van der Waals surface area (Å²) >= 11 is 0. The average molecular weight is 307 g/mol. The number of carbonyl (C=O) groups is 2. The maximum absolute atomic E-state index is 11.5. The normalized spacial score (nSPS) is 14.1. The molecule has 1 rings (SSSR count). The Balaban J connectivity index is 2.20. The summed E-state index contributed by atoms with van der Waals surface area (Å²) in [6, 6.07) is 0. The lowest BCUT2D eigenvalue weighted by Crippen LogP contribution is -2.35. The minimum absolute atomic E-state index is 0.0317. The highest BCUT2D eigenvalue weighted by molar-refractivity contribution is 7.90. The molecular formula is C9H17N5O5S. The molecule has 10 nitrogen and oxygen atoms in total. The van der Waals surface area contributed by atoms with E-state index in [0.717, 1.165) is 0 Å². The maximum Gasteiger partial charge on any atom is 0.303 e. The van der Waals surface area contributed by atoms with Crippen LogP contribution in [-0.2, 0) is 19.6 Å². The molecule has 20 heavy (non-hydrogen) atoms. The smallest absolute Gasteiger partial charge is 0.303 e. The third-order valence-electron chi connectivity index (χ3n) is 2.34. The number of amides is 1. The van der Waals surface area contributed by atoms with Gasteiger partial charge in [-0.15, -0.1) is 10.6 Å². The molecule has 0 atom stereocenters. The van der Waals surface area contributed by atoms with Gasteiger partial charge in [0.05, 0.1) is 5.75 Å². The first kappa shape index (κ1) is 16.2. The van der Waals surface area contributed by atoms with Crippen LogP contribution in [0.3, 0.4) is 0 Å². The van der Waals surface area contributed by atoms with Crippen molar-refractivity contribution in [2.24, 2.45) is 5.10 Å². The molecule has 11 heteroatoms. The fourth-order valence-electron chi connectivity index (χ4n) is 1.45. The van der Waals surface area contributed by atoms with Crippen molar-refractivity contribution >= 4 is 27.7 Å². The van der Waals surface area contributed by atoms with Gasteiger partial charge < -0.3 is 5.11 Å². The molecule has 0 spiro atoms. The second kappa shape index (κ2) is 7.65. The minimum Gasteiger partial charge on any atom is -0.481 e. The zero-order valence-electron chi connectivity index (χ0n) is 10.7. The molecule has 0 saturated heterocycles. The van der Waals surface area contributed by atoms with Gasteiger partial charge in [-0.25, -0.2) is 14.0 Å². The predicted octanol–water partition coefficient (Wildman–Crippen LogP) is -1.61. The number of nitrogens with one attached hydrogen (secondary N) is 4. The molecule has 0 radical (unpaired) electrons. The molecule has 0 aliphatic carbocycles. The van der Waals surface area contributed by atoms with E-state index in [-0.39, 0.29) is 25.0 Å². The lowest BCUT2D eigenvalue weighted by molar-refractivity contribution is -0.137. The number of carboxylic acid groups (broad SMARTS) is 1. The Labute approximate surface area is 116 Å². The molecule has 0 aromatic heterocycles. The van der Waals surface area contributed by atoms with Crippen molar-refractivity contribution in [1.29, 1.82) is 0 Å². The topological polar surface area (TPSA) is 149 Å². The van der Waals surface area contributed by atoms with E-state index in [1.54, 1.807) is 0 Å². The molecule has 1 aliphatic rings. The van der Waals surface area contributed by atoms with E-state index in [1.807, 2.05) is 4.72 Å². The van der Waals surface area contributed by atoms with Crippen LogP contribution in [0.1, 0.15) is 32.1 Å². The molecule has 1 heterocycles. The van der Waals surface area contributed by atoms with Crippen molar-refractivity contribution in [3.63, 3.8) is 0 Å². The molecule has 0 saturated carbocycles. The second-order valence-corrected chi connectivity index (χ2v) is 5.96. The summed E-state index contributed by atoms with van der Waals surface area (Å²) in [5, 5.41) is 12.2. The second-order valence-electron chi connectivity index (χ2n) is 4.12. The van der Waals surface area contributed by atoms with Gasteiger partial charge in [-0.1, -0.05) is 0 Å². The number of carbonyl (C=O) groups excluding carboxylic acids is 1. The van der Waals surface area contributed by atoms with Gasteiger partial charge >= 0.3 is 5.97 Å². The van der Waals surface area contributed by atoms with Gasteiger partial charge in [-0.3, -0.25) is 19.7 Å². The zero-order valence-corrected chi connectivity index (χ0v) is 11.5. The van der Waals surface area contributed by atoms with Crippen molar-refractivity contribution in [3.8, 4) is 0 Å². The van der Waals surface area contributed by atoms with Gasteiger partial charge in [0.1, 0.15) is 5.84 Å². The monoisotopic (exact) mass is 307 g/mol. The van der Waals surface area contributed by atoms with Crippen molar-refractivity contribution < 1.29 is 23.1 Å². The van der Waals surface area contributed by atoms with Crippen molar-refractivity contribution in [2.75, 3.05) is 5.75 Å². The number of hydrogen-bond donors (Lipinski definition) is 5. The number of amidine groups is 1. The number of nitrogens with zero attached hydrogens (tertiary/aromatic N) is 1. The van der Waals surface area contributed by atoms with E-state index in [0.29, 0.717) is 18.7 Å². The van der Waals surface area contributed by atoms with Crippen LogP contribution in [0.15, 0.2) is 5.10 Å². The Kier molecular flexibility index (Phi) is 6.18. The molecule has 0 unspecified atom stereocenters. The number of sulfonamides is 1. The van der Waals surface area contributed by atoms with Crippen LogP contribution in [0.25, 0.3) is 0 Å². The summed E-state index contributed by atoms with van der Waals surface area (Å²) in [6.07, 6.45) is 0.688. The summed E-state index contributed by atoms with van der Waals surface area (Å²) in [7, 11) is -3.76. The van der Waals surface area contributed by atoms with Gasteiger partial charge in [0, 0.05) is 19.3 Å². The van der Waals surface area contributed by atoms with E-state index in [9.17, 15) is 18.0 Å². The Morgan fingerprint density at radius 2 is 2.00 bits per heavy atom. The Bertz CT molecular complexity index is 489. The highest BCUT2D eigenvalue weighted by atomic mass is 32.2. The number of hydrazone groups is 1. The number of hydrogen-bond acceptors (Lipinski definition) is 8. The molecule has 0 fully saturated rings. The maximum atomic E-state index is 11.5. The van der Waals surface area contributed by atoms with Gasteiger partial charge in [0.25, 0.3) is 0 Å². The van der Waals surface area contributed by atoms with Crippen LogP contribution in [0, 0.1) is 0 Å². The lowest BCUT2D eigenvalue weighted by atomic mass is 10.2. The number of rotatable bonds is 9. The third kappa shape index (κ3) is 6.89. The first-order chi connectivity index (χ1) is 9.39. The summed E-state index contributed by atoms with van der Waals surface area (Å²) in [4.78, 5) is 21.7. The van der Waals surface area contributed by atoms with E-state index in [1.165, 1.54) is 0 Å². The number of carboxylic acids is 1. The molecule has 1 amide bonds.